The fraction of sp³-hybridized carbons (Fsp3) is 0.600. The summed E-state index contributed by atoms with van der Waals surface area (Å²) < 4.78 is 18.8. The lowest BCUT2D eigenvalue weighted by molar-refractivity contribution is -0.130. The Morgan fingerprint density at radius 2 is 2.04 bits per heavy atom. The largest absolute Gasteiger partial charge is 0.381 e. The summed E-state index contributed by atoms with van der Waals surface area (Å²) in [7, 11) is 0. The minimum absolute atomic E-state index is 0.0693. The Labute approximate surface area is 158 Å². The van der Waals surface area contributed by atoms with Gasteiger partial charge in [0.1, 0.15) is 5.82 Å². The van der Waals surface area contributed by atoms with Crippen LogP contribution in [0.15, 0.2) is 24.3 Å². The van der Waals surface area contributed by atoms with Crippen LogP contribution in [0.4, 0.5) is 9.18 Å². The van der Waals surface area contributed by atoms with E-state index >= 15 is 0 Å². The minimum Gasteiger partial charge on any atom is -0.381 e. The zero-order valence-corrected chi connectivity index (χ0v) is 15.4. The van der Waals surface area contributed by atoms with E-state index in [0.29, 0.717) is 37.9 Å². The normalized spacial score (nSPS) is 24.0. The summed E-state index contributed by atoms with van der Waals surface area (Å²) in [6.07, 6.45) is 3.69. The van der Waals surface area contributed by atoms with Crippen molar-refractivity contribution in [1.82, 2.24) is 15.5 Å². The molecule has 1 aromatic rings. The standard InChI is InChI=1S/C20H26FN3O3/c21-15-3-1-2-14(10-15)11-22-19(26)24-12-17(18(25)23-16-4-5-16)20(13-24)6-8-27-9-7-20/h1-3,10,16-17H,4-9,11-13H2,(H,22,26)(H,23,25). The Hall–Kier alpha value is -2.15. The van der Waals surface area contributed by atoms with Gasteiger partial charge in [0, 0.05) is 44.3 Å². The van der Waals surface area contributed by atoms with E-state index in [1.165, 1.54) is 12.1 Å². The number of hydrogen-bond acceptors (Lipinski definition) is 3. The molecule has 0 bridgehead atoms. The highest BCUT2D eigenvalue weighted by Gasteiger charge is 2.52. The summed E-state index contributed by atoms with van der Waals surface area (Å²) >= 11 is 0. The molecule has 2 N–H and O–H groups in total. The molecular formula is C20H26FN3O3. The predicted octanol–water partition coefficient (Wildman–Crippen LogP) is 2.04. The average molecular weight is 375 g/mol. The number of likely N-dealkylation sites (tertiary alicyclic amines) is 1. The fourth-order valence-electron chi connectivity index (χ4n) is 4.23. The third-order valence-electron chi connectivity index (χ3n) is 6.00. The number of urea groups is 1. The molecule has 1 spiro atoms. The molecule has 0 radical (unpaired) electrons. The van der Waals surface area contributed by atoms with Crippen molar-refractivity contribution < 1.29 is 18.7 Å². The number of hydrogen-bond donors (Lipinski definition) is 2. The Kier molecular flexibility index (Phi) is 5.04. The number of carbonyl (C=O) groups is 2. The Morgan fingerprint density at radius 3 is 2.74 bits per heavy atom. The van der Waals surface area contributed by atoms with Crippen LogP contribution in [0.25, 0.3) is 0 Å². The molecule has 27 heavy (non-hydrogen) atoms. The van der Waals surface area contributed by atoms with Gasteiger partial charge in [0.2, 0.25) is 5.91 Å². The highest BCUT2D eigenvalue weighted by Crippen LogP contribution is 2.44. The van der Waals surface area contributed by atoms with Crippen LogP contribution >= 0.6 is 0 Å². The van der Waals surface area contributed by atoms with E-state index in [4.69, 9.17) is 4.74 Å². The monoisotopic (exact) mass is 375 g/mol. The molecule has 0 aromatic heterocycles. The van der Waals surface area contributed by atoms with Crippen LogP contribution in [-0.4, -0.2) is 49.2 Å². The van der Waals surface area contributed by atoms with Gasteiger partial charge in [-0.15, -0.1) is 0 Å². The van der Waals surface area contributed by atoms with E-state index in [1.54, 1.807) is 17.0 Å². The Balaban J connectivity index is 1.41. The minimum atomic E-state index is -0.319. The number of carbonyl (C=O) groups excluding carboxylic acids is 2. The van der Waals surface area contributed by atoms with Crippen molar-refractivity contribution in [3.05, 3.63) is 35.6 Å². The molecule has 1 aliphatic carbocycles. The summed E-state index contributed by atoms with van der Waals surface area (Å²) in [5.41, 5.74) is 0.513. The van der Waals surface area contributed by atoms with Crippen molar-refractivity contribution in [1.29, 1.82) is 0 Å². The summed E-state index contributed by atoms with van der Waals surface area (Å²) in [6.45, 7) is 2.52. The number of nitrogens with zero attached hydrogens (tertiary/aromatic N) is 1. The Morgan fingerprint density at radius 1 is 1.26 bits per heavy atom. The molecule has 1 unspecified atom stereocenters. The lowest BCUT2D eigenvalue weighted by Crippen LogP contribution is -2.45. The molecule has 3 aliphatic rings. The second-order valence-electron chi connectivity index (χ2n) is 7.98. The van der Waals surface area contributed by atoms with Crippen molar-refractivity contribution >= 4 is 11.9 Å². The maximum Gasteiger partial charge on any atom is 0.317 e. The van der Waals surface area contributed by atoms with Crippen LogP contribution in [-0.2, 0) is 16.1 Å². The van der Waals surface area contributed by atoms with Gasteiger partial charge in [-0.05, 0) is 43.4 Å². The highest BCUT2D eigenvalue weighted by molar-refractivity contribution is 5.83. The summed E-state index contributed by atoms with van der Waals surface area (Å²) in [6, 6.07) is 6.30. The average Bonchev–Trinajstić information content (AvgIpc) is 3.40. The smallest absolute Gasteiger partial charge is 0.317 e. The van der Waals surface area contributed by atoms with Gasteiger partial charge in [-0.2, -0.15) is 0 Å². The summed E-state index contributed by atoms with van der Waals surface area (Å²) in [4.78, 5) is 27.2. The SMILES string of the molecule is O=C(NC1CC1)C1CN(C(=O)NCc2cccc(F)c2)CC12CCOCC2. The zero-order valence-electron chi connectivity index (χ0n) is 15.4. The molecule has 3 amide bonds. The molecule has 1 aromatic carbocycles. The second kappa shape index (κ2) is 7.46. The molecule has 2 aliphatic heterocycles. The third kappa shape index (κ3) is 4.08. The lowest BCUT2D eigenvalue weighted by atomic mass is 9.71. The van der Waals surface area contributed by atoms with Crippen molar-refractivity contribution in [2.45, 2.75) is 38.3 Å². The van der Waals surface area contributed by atoms with Crippen molar-refractivity contribution in [3.8, 4) is 0 Å². The van der Waals surface area contributed by atoms with Crippen LogP contribution in [0, 0.1) is 17.2 Å². The first kappa shape index (κ1) is 18.2. The molecule has 7 heteroatoms. The number of ether oxygens (including phenoxy) is 1. The van der Waals surface area contributed by atoms with E-state index in [1.807, 2.05) is 0 Å². The van der Waals surface area contributed by atoms with Gasteiger partial charge in [0.05, 0.1) is 5.92 Å². The first-order chi connectivity index (χ1) is 13.1. The number of nitrogens with one attached hydrogen (secondary N) is 2. The van der Waals surface area contributed by atoms with E-state index < -0.39 is 0 Å². The zero-order chi connectivity index (χ0) is 18.9. The maximum atomic E-state index is 13.3. The van der Waals surface area contributed by atoms with Crippen LogP contribution in [0.3, 0.4) is 0 Å². The van der Waals surface area contributed by atoms with Crippen LogP contribution in [0.1, 0.15) is 31.2 Å². The van der Waals surface area contributed by atoms with Gasteiger partial charge in [-0.3, -0.25) is 4.79 Å². The van der Waals surface area contributed by atoms with Gasteiger partial charge in [0.15, 0.2) is 0 Å². The van der Waals surface area contributed by atoms with E-state index in [9.17, 15) is 14.0 Å². The van der Waals surface area contributed by atoms with Crippen LogP contribution < -0.4 is 10.6 Å². The van der Waals surface area contributed by atoms with E-state index in [2.05, 4.69) is 10.6 Å². The first-order valence-electron chi connectivity index (χ1n) is 9.71. The number of benzene rings is 1. The molecule has 6 nitrogen and oxygen atoms in total. The predicted molar refractivity (Wildman–Crippen MR) is 97.3 cm³/mol. The van der Waals surface area contributed by atoms with Crippen LogP contribution in [0.2, 0.25) is 0 Å². The quantitative estimate of drug-likeness (QED) is 0.846. The van der Waals surface area contributed by atoms with Gasteiger partial charge in [0.25, 0.3) is 0 Å². The summed E-state index contributed by atoms with van der Waals surface area (Å²) in [5.74, 6) is -0.442. The third-order valence-corrected chi connectivity index (χ3v) is 6.00. The molecule has 1 saturated carbocycles. The van der Waals surface area contributed by atoms with E-state index in [0.717, 1.165) is 25.7 Å². The van der Waals surface area contributed by atoms with Crippen molar-refractivity contribution in [3.63, 3.8) is 0 Å². The molecule has 2 saturated heterocycles. The van der Waals surface area contributed by atoms with Gasteiger partial charge in [-0.1, -0.05) is 12.1 Å². The van der Waals surface area contributed by atoms with E-state index in [-0.39, 0.29) is 35.6 Å². The molecule has 146 valence electrons. The molecule has 1 atom stereocenters. The Bertz CT molecular complexity index is 716. The maximum absolute atomic E-state index is 13.3. The van der Waals surface area contributed by atoms with Gasteiger partial charge < -0.3 is 20.3 Å². The highest BCUT2D eigenvalue weighted by atomic mass is 19.1. The van der Waals surface area contributed by atoms with Crippen LogP contribution in [0.5, 0.6) is 0 Å². The van der Waals surface area contributed by atoms with Gasteiger partial charge >= 0.3 is 6.03 Å². The number of halogens is 1. The molecular weight excluding hydrogens is 349 g/mol. The fourth-order valence-corrected chi connectivity index (χ4v) is 4.23. The molecule has 4 rings (SSSR count). The van der Waals surface area contributed by atoms with Gasteiger partial charge in [-0.25, -0.2) is 9.18 Å². The first-order valence-corrected chi connectivity index (χ1v) is 9.71. The van der Waals surface area contributed by atoms with Crippen molar-refractivity contribution in [2.75, 3.05) is 26.3 Å². The molecule has 2 heterocycles. The molecule has 3 fully saturated rings. The summed E-state index contributed by atoms with van der Waals surface area (Å²) in [5, 5.41) is 5.97. The number of rotatable bonds is 4. The lowest BCUT2D eigenvalue weighted by Gasteiger charge is -2.37. The number of amides is 3. The van der Waals surface area contributed by atoms with Crippen molar-refractivity contribution in [2.24, 2.45) is 11.3 Å². The topological polar surface area (TPSA) is 70.7 Å². The second-order valence-corrected chi connectivity index (χ2v) is 7.98.